The first-order chi connectivity index (χ1) is 12.4. The summed E-state index contributed by atoms with van der Waals surface area (Å²) in [6.45, 7) is 0. The highest BCUT2D eigenvalue weighted by atomic mass is 16.3. The van der Waals surface area contributed by atoms with E-state index in [0.29, 0.717) is 18.2 Å². The van der Waals surface area contributed by atoms with Crippen LogP contribution in [-0.2, 0) is 24.1 Å². The van der Waals surface area contributed by atoms with E-state index in [9.17, 15) is 9.90 Å². The van der Waals surface area contributed by atoms with Gasteiger partial charge in [-0.1, -0.05) is 12.1 Å². The third-order valence-corrected chi connectivity index (χ3v) is 4.60. The quantitative estimate of drug-likeness (QED) is 0.728. The summed E-state index contributed by atoms with van der Waals surface area (Å²) in [4.78, 5) is 23.1. The van der Waals surface area contributed by atoms with Gasteiger partial charge in [0.05, 0.1) is 5.69 Å². The molecule has 1 aliphatic rings. The van der Waals surface area contributed by atoms with E-state index < -0.39 is 11.9 Å². The van der Waals surface area contributed by atoms with Gasteiger partial charge < -0.3 is 21.1 Å². The highest BCUT2D eigenvalue weighted by molar-refractivity contribution is 5.83. The summed E-state index contributed by atoms with van der Waals surface area (Å²) in [6, 6.07) is 6.19. The molecule has 1 aliphatic carbocycles. The molecule has 7 heteroatoms. The second-order valence-corrected chi connectivity index (χ2v) is 6.87. The second kappa shape index (κ2) is 7.59. The zero-order chi connectivity index (χ0) is 18.7. The number of aromatic nitrogens is 2. The van der Waals surface area contributed by atoms with Crippen molar-refractivity contribution < 1.29 is 9.90 Å². The van der Waals surface area contributed by atoms with Crippen molar-refractivity contribution in [3.05, 3.63) is 41.1 Å². The number of phenols is 1. The number of aryl methyl sites for hydroxylation is 1. The molecule has 0 bridgehead atoms. The van der Waals surface area contributed by atoms with Crippen LogP contribution in [-0.4, -0.2) is 41.1 Å². The predicted molar refractivity (Wildman–Crippen MR) is 101 cm³/mol. The molecule has 138 valence electrons. The van der Waals surface area contributed by atoms with Crippen molar-refractivity contribution in [2.24, 2.45) is 5.73 Å². The Hall–Kier alpha value is -2.83. The Labute approximate surface area is 153 Å². The van der Waals surface area contributed by atoms with Crippen LogP contribution in [0.15, 0.2) is 24.3 Å². The second-order valence-electron chi connectivity index (χ2n) is 6.87. The Morgan fingerprint density at radius 3 is 2.58 bits per heavy atom. The third kappa shape index (κ3) is 4.04. The molecule has 1 unspecified atom stereocenters. The first kappa shape index (κ1) is 18.0. The Kier molecular flexibility index (Phi) is 5.25. The number of hydrogen-bond donors (Lipinski definition) is 3. The van der Waals surface area contributed by atoms with E-state index in [1.165, 1.54) is 0 Å². The Morgan fingerprint density at radius 1 is 1.23 bits per heavy atom. The molecular weight excluding hydrogens is 330 g/mol. The van der Waals surface area contributed by atoms with Crippen LogP contribution < -0.4 is 16.0 Å². The molecule has 0 radical (unpaired) electrons. The fraction of sp³-hybridized carbons (Fsp3) is 0.421. The van der Waals surface area contributed by atoms with Crippen LogP contribution in [0.4, 0.5) is 11.8 Å². The van der Waals surface area contributed by atoms with Crippen LogP contribution in [0.1, 0.15) is 29.7 Å². The van der Waals surface area contributed by atoms with Gasteiger partial charge in [-0.2, -0.15) is 4.98 Å². The van der Waals surface area contributed by atoms with Gasteiger partial charge in [-0.3, -0.25) is 4.79 Å². The Balaban J connectivity index is 1.89. The summed E-state index contributed by atoms with van der Waals surface area (Å²) in [5.74, 6) is 1.08. The van der Waals surface area contributed by atoms with Crippen LogP contribution in [0.3, 0.4) is 0 Å². The van der Waals surface area contributed by atoms with E-state index in [2.05, 4.69) is 15.3 Å². The van der Waals surface area contributed by atoms with Gasteiger partial charge in [0.2, 0.25) is 11.9 Å². The lowest BCUT2D eigenvalue weighted by molar-refractivity contribution is -0.118. The average Bonchev–Trinajstić information content (AvgIpc) is 2.62. The molecule has 1 amide bonds. The van der Waals surface area contributed by atoms with Gasteiger partial charge in [-0.05, 0) is 43.4 Å². The average molecular weight is 355 g/mol. The molecule has 0 saturated carbocycles. The van der Waals surface area contributed by atoms with Gasteiger partial charge in [0.1, 0.15) is 17.6 Å². The van der Waals surface area contributed by atoms with Crippen molar-refractivity contribution in [3.63, 3.8) is 0 Å². The molecular formula is C19H25N5O2. The summed E-state index contributed by atoms with van der Waals surface area (Å²) >= 11 is 0. The number of fused-ring (bicyclic) bond motifs is 1. The number of carbonyl (C=O) groups excluding carboxylic acids is 1. The van der Waals surface area contributed by atoms with E-state index in [1.54, 1.807) is 24.3 Å². The number of primary amides is 1. The lowest BCUT2D eigenvalue weighted by Crippen LogP contribution is -2.38. The normalized spacial score (nSPS) is 14.4. The van der Waals surface area contributed by atoms with E-state index in [4.69, 9.17) is 5.73 Å². The van der Waals surface area contributed by atoms with Gasteiger partial charge in [0, 0.05) is 26.1 Å². The summed E-state index contributed by atoms with van der Waals surface area (Å²) in [5, 5.41) is 12.7. The first-order valence-corrected chi connectivity index (χ1v) is 8.85. The first-order valence-electron chi connectivity index (χ1n) is 8.85. The minimum Gasteiger partial charge on any atom is -0.508 e. The predicted octanol–water partition coefficient (Wildman–Crippen LogP) is 1.64. The van der Waals surface area contributed by atoms with Crippen LogP contribution in [0.25, 0.3) is 0 Å². The van der Waals surface area contributed by atoms with E-state index in [1.807, 2.05) is 19.0 Å². The summed E-state index contributed by atoms with van der Waals surface area (Å²) in [7, 11) is 3.80. The number of amides is 1. The van der Waals surface area contributed by atoms with E-state index in [0.717, 1.165) is 42.5 Å². The van der Waals surface area contributed by atoms with E-state index in [-0.39, 0.29) is 5.75 Å². The minimum absolute atomic E-state index is 0.192. The van der Waals surface area contributed by atoms with Gasteiger partial charge in [0.25, 0.3) is 0 Å². The van der Waals surface area contributed by atoms with Crippen LogP contribution in [0, 0.1) is 0 Å². The SMILES string of the molecule is CN(C)c1nc2c(c(NC(Cc3ccc(O)cc3)C(N)=O)n1)CCCC2. The Bertz CT molecular complexity index is 789. The maximum atomic E-state index is 12.0. The van der Waals surface area contributed by atoms with Crippen molar-refractivity contribution >= 4 is 17.7 Å². The largest absolute Gasteiger partial charge is 0.508 e. The molecule has 0 spiro atoms. The lowest BCUT2D eigenvalue weighted by atomic mass is 9.96. The van der Waals surface area contributed by atoms with Gasteiger partial charge in [0.15, 0.2) is 0 Å². The van der Waals surface area contributed by atoms with Crippen molar-refractivity contribution in [1.82, 2.24) is 9.97 Å². The van der Waals surface area contributed by atoms with E-state index >= 15 is 0 Å². The molecule has 1 atom stereocenters. The maximum Gasteiger partial charge on any atom is 0.240 e. The summed E-state index contributed by atoms with van der Waals surface area (Å²) < 4.78 is 0. The number of nitrogens with zero attached hydrogens (tertiary/aromatic N) is 3. The fourth-order valence-corrected chi connectivity index (χ4v) is 3.16. The topological polar surface area (TPSA) is 104 Å². The summed E-state index contributed by atoms with van der Waals surface area (Å²) in [5.41, 5.74) is 8.67. The molecule has 0 aliphatic heterocycles. The number of nitrogens with two attached hydrogens (primary N) is 1. The standard InChI is InChI=1S/C19H25N5O2/c1-24(2)19-22-15-6-4-3-5-14(15)18(23-19)21-16(17(20)26)11-12-7-9-13(25)10-8-12/h7-10,16,25H,3-6,11H2,1-2H3,(H2,20,26)(H,21,22,23). The summed E-state index contributed by atoms with van der Waals surface area (Å²) in [6.07, 6.45) is 4.45. The zero-order valence-electron chi connectivity index (χ0n) is 15.2. The number of anilines is 2. The molecule has 2 aromatic rings. The molecule has 26 heavy (non-hydrogen) atoms. The van der Waals surface area contributed by atoms with Crippen LogP contribution in [0.2, 0.25) is 0 Å². The van der Waals surface area contributed by atoms with Crippen molar-refractivity contribution in [2.45, 2.75) is 38.1 Å². The fourth-order valence-electron chi connectivity index (χ4n) is 3.16. The molecule has 0 fully saturated rings. The van der Waals surface area contributed by atoms with Gasteiger partial charge in [-0.15, -0.1) is 0 Å². The number of hydrogen-bond acceptors (Lipinski definition) is 6. The zero-order valence-corrected chi connectivity index (χ0v) is 15.2. The van der Waals surface area contributed by atoms with Crippen LogP contribution >= 0.6 is 0 Å². The molecule has 1 aromatic carbocycles. The molecule has 7 nitrogen and oxygen atoms in total. The molecule has 0 saturated heterocycles. The molecule has 1 aromatic heterocycles. The number of aromatic hydroxyl groups is 1. The van der Waals surface area contributed by atoms with Crippen molar-refractivity contribution in [2.75, 3.05) is 24.3 Å². The number of rotatable bonds is 6. The van der Waals surface area contributed by atoms with Gasteiger partial charge in [-0.25, -0.2) is 4.98 Å². The highest BCUT2D eigenvalue weighted by Gasteiger charge is 2.23. The highest BCUT2D eigenvalue weighted by Crippen LogP contribution is 2.28. The van der Waals surface area contributed by atoms with Gasteiger partial charge >= 0.3 is 0 Å². The third-order valence-electron chi connectivity index (χ3n) is 4.60. The molecule has 1 heterocycles. The monoisotopic (exact) mass is 355 g/mol. The lowest BCUT2D eigenvalue weighted by Gasteiger charge is -2.24. The molecule has 4 N–H and O–H groups in total. The van der Waals surface area contributed by atoms with Crippen molar-refractivity contribution in [3.8, 4) is 5.75 Å². The van der Waals surface area contributed by atoms with Crippen LogP contribution in [0.5, 0.6) is 5.75 Å². The molecule has 3 rings (SSSR count). The number of nitrogens with one attached hydrogen (secondary N) is 1. The Morgan fingerprint density at radius 2 is 1.92 bits per heavy atom. The number of benzene rings is 1. The van der Waals surface area contributed by atoms with Crippen molar-refractivity contribution in [1.29, 1.82) is 0 Å². The minimum atomic E-state index is -0.588. The maximum absolute atomic E-state index is 12.0. The number of phenolic OH excluding ortho intramolecular Hbond substituents is 1. The number of carbonyl (C=O) groups is 1. The smallest absolute Gasteiger partial charge is 0.240 e.